The normalized spacial score (nSPS) is 12.2. The van der Waals surface area contributed by atoms with Gasteiger partial charge in [0, 0.05) is 18.0 Å². The Hall–Kier alpha value is -1.29. The summed E-state index contributed by atoms with van der Waals surface area (Å²) in [6.07, 6.45) is 2.67. The first-order valence-corrected chi connectivity index (χ1v) is 6.52. The molecule has 0 aliphatic rings. The second-order valence-corrected chi connectivity index (χ2v) is 4.94. The van der Waals surface area contributed by atoms with E-state index >= 15 is 0 Å². The van der Waals surface area contributed by atoms with Crippen molar-refractivity contribution < 1.29 is 9.84 Å². The zero-order valence-electron chi connectivity index (χ0n) is 10.3. The Morgan fingerprint density at radius 2 is 2.05 bits per heavy atom. The highest BCUT2D eigenvalue weighted by Gasteiger charge is 2.07. The van der Waals surface area contributed by atoms with Crippen LogP contribution < -0.4 is 4.74 Å². The first-order valence-electron chi connectivity index (χ1n) is 5.76. The Morgan fingerprint density at radius 1 is 1.26 bits per heavy atom. The van der Waals surface area contributed by atoms with Crippen LogP contribution in [0.25, 0.3) is 0 Å². The summed E-state index contributed by atoms with van der Waals surface area (Å²) < 4.78 is 5.61. The molecule has 1 heterocycles. The summed E-state index contributed by atoms with van der Waals surface area (Å²) in [5.41, 5.74) is 1.59. The number of aliphatic hydroxyl groups is 1. The summed E-state index contributed by atoms with van der Waals surface area (Å²) in [7, 11) is 0. The molecule has 1 atom stereocenters. The van der Waals surface area contributed by atoms with Gasteiger partial charge in [-0.25, -0.2) is 0 Å². The molecule has 100 valence electrons. The van der Waals surface area contributed by atoms with Crippen LogP contribution in [0.2, 0.25) is 10.0 Å². The number of aliphatic hydroxyl groups excluding tert-OH is 1. The fourth-order valence-electron chi connectivity index (χ4n) is 1.57. The van der Waals surface area contributed by atoms with Gasteiger partial charge in [0.15, 0.2) is 0 Å². The first kappa shape index (κ1) is 14.1. The maximum absolute atomic E-state index is 9.46. The lowest BCUT2D eigenvalue weighted by atomic mass is 10.1. The maximum Gasteiger partial charge on any atom is 0.138 e. The molecule has 5 heteroatoms. The standard InChI is InChI=1S/C14H13Cl2NO2/c1-9(18)10-2-3-14(12(15)6-10)19-8-11-4-5-17-7-13(11)16/h2-7,9,18H,8H2,1H3/t9-/m1/s1. The monoisotopic (exact) mass is 297 g/mol. The lowest BCUT2D eigenvalue weighted by molar-refractivity contribution is 0.199. The minimum atomic E-state index is -0.554. The van der Waals surface area contributed by atoms with E-state index < -0.39 is 6.10 Å². The van der Waals surface area contributed by atoms with Gasteiger partial charge in [0.05, 0.1) is 16.1 Å². The summed E-state index contributed by atoms with van der Waals surface area (Å²) in [5, 5.41) is 10.5. The van der Waals surface area contributed by atoms with E-state index in [0.717, 1.165) is 11.1 Å². The molecule has 0 saturated heterocycles. The largest absolute Gasteiger partial charge is 0.487 e. The van der Waals surface area contributed by atoms with Gasteiger partial charge in [0.25, 0.3) is 0 Å². The molecule has 0 saturated carbocycles. The van der Waals surface area contributed by atoms with Crippen LogP contribution in [-0.2, 0) is 6.61 Å². The first-order chi connectivity index (χ1) is 9.08. The number of hydrogen-bond acceptors (Lipinski definition) is 3. The fraction of sp³-hybridized carbons (Fsp3) is 0.214. The van der Waals surface area contributed by atoms with Crippen molar-refractivity contribution in [1.82, 2.24) is 4.98 Å². The fourth-order valence-corrected chi connectivity index (χ4v) is 1.99. The van der Waals surface area contributed by atoms with Gasteiger partial charge in [-0.05, 0) is 30.7 Å². The number of nitrogens with zero attached hydrogens (tertiary/aromatic N) is 1. The van der Waals surface area contributed by atoms with Gasteiger partial charge in [-0.15, -0.1) is 0 Å². The molecule has 0 bridgehead atoms. The number of ether oxygens (including phenoxy) is 1. The third-order valence-electron chi connectivity index (χ3n) is 2.68. The molecule has 3 nitrogen and oxygen atoms in total. The Morgan fingerprint density at radius 3 is 2.68 bits per heavy atom. The van der Waals surface area contributed by atoms with Gasteiger partial charge < -0.3 is 9.84 Å². The minimum absolute atomic E-state index is 0.315. The number of pyridine rings is 1. The van der Waals surface area contributed by atoms with Crippen molar-refractivity contribution in [3.05, 3.63) is 57.8 Å². The smallest absolute Gasteiger partial charge is 0.138 e. The zero-order valence-corrected chi connectivity index (χ0v) is 11.8. The van der Waals surface area contributed by atoms with Crippen LogP contribution in [0.1, 0.15) is 24.2 Å². The zero-order chi connectivity index (χ0) is 13.8. The Labute approximate surface area is 121 Å². The second kappa shape index (κ2) is 6.24. The van der Waals surface area contributed by atoms with Gasteiger partial charge >= 0.3 is 0 Å². The van der Waals surface area contributed by atoms with Crippen molar-refractivity contribution in [2.45, 2.75) is 19.6 Å². The molecule has 2 rings (SSSR count). The van der Waals surface area contributed by atoms with Crippen LogP contribution in [0.3, 0.4) is 0 Å². The van der Waals surface area contributed by atoms with Crippen molar-refractivity contribution >= 4 is 23.2 Å². The van der Waals surface area contributed by atoms with Gasteiger partial charge in [-0.3, -0.25) is 4.98 Å². The van der Waals surface area contributed by atoms with E-state index in [-0.39, 0.29) is 0 Å². The van der Waals surface area contributed by atoms with Gasteiger partial charge in [-0.2, -0.15) is 0 Å². The highest BCUT2D eigenvalue weighted by molar-refractivity contribution is 6.32. The average molecular weight is 298 g/mol. The summed E-state index contributed by atoms with van der Waals surface area (Å²) in [6, 6.07) is 7.00. The highest BCUT2D eigenvalue weighted by atomic mass is 35.5. The van der Waals surface area contributed by atoms with Crippen molar-refractivity contribution in [3.8, 4) is 5.75 Å². The molecule has 0 aliphatic carbocycles. The third kappa shape index (κ3) is 3.60. The lowest BCUT2D eigenvalue weighted by Crippen LogP contribution is -1.98. The molecule has 19 heavy (non-hydrogen) atoms. The predicted octanol–water partition coefficient (Wildman–Crippen LogP) is 4.02. The SMILES string of the molecule is C[C@@H](O)c1ccc(OCc2ccncc2Cl)c(Cl)c1. The number of aromatic nitrogens is 1. The number of benzene rings is 1. The predicted molar refractivity (Wildman–Crippen MR) is 75.7 cm³/mol. The quantitative estimate of drug-likeness (QED) is 0.927. The van der Waals surface area contributed by atoms with E-state index in [0.29, 0.717) is 22.4 Å². The van der Waals surface area contributed by atoms with Crippen LogP contribution in [0.4, 0.5) is 0 Å². The molecule has 1 aromatic carbocycles. The van der Waals surface area contributed by atoms with E-state index in [1.807, 2.05) is 0 Å². The molecular formula is C14H13Cl2NO2. The van der Waals surface area contributed by atoms with Gasteiger partial charge in [0.1, 0.15) is 12.4 Å². The van der Waals surface area contributed by atoms with Gasteiger partial charge in [-0.1, -0.05) is 29.3 Å². The number of hydrogen-bond donors (Lipinski definition) is 1. The molecule has 0 unspecified atom stereocenters. The van der Waals surface area contributed by atoms with E-state index in [9.17, 15) is 5.11 Å². The minimum Gasteiger partial charge on any atom is -0.487 e. The molecule has 0 radical (unpaired) electrons. The van der Waals surface area contributed by atoms with Crippen molar-refractivity contribution in [2.75, 3.05) is 0 Å². The van der Waals surface area contributed by atoms with E-state index in [2.05, 4.69) is 4.98 Å². The van der Waals surface area contributed by atoms with Crippen LogP contribution in [0.5, 0.6) is 5.75 Å². The molecule has 0 aliphatic heterocycles. The summed E-state index contributed by atoms with van der Waals surface area (Å²) >= 11 is 12.1. The molecule has 0 amide bonds. The van der Waals surface area contributed by atoms with Crippen LogP contribution >= 0.6 is 23.2 Å². The molecule has 2 aromatic rings. The number of halogens is 2. The lowest BCUT2D eigenvalue weighted by Gasteiger charge is -2.11. The summed E-state index contributed by atoms with van der Waals surface area (Å²) in [5.74, 6) is 0.555. The molecule has 1 N–H and O–H groups in total. The van der Waals surface area contributed by atoms with Crippen molar-refractivity contribution in [3.63, 3.8) is 0 Å². The molecule has 0 fully saturated rings. The molecular weight excluding hydrogens is 285 g/mol. The van der Waals surface area contributed by atoms with Crippen molar-refractivity contribution in [1.29, 1.82) is 0 Å². The van der Waals surface area contributed by atoms with Crippen LogP contribution in [0.15, 0.2) is 36.7 Å². The third-order valence-corrected chi connectivity index (χ3v) is 3.31. The average Bonchev–Trinajstić information content (AvgIpc) is 2.39. The molecule has 1 aromatic heterocycles. The van der Waals surface area contributed by atoms with E-state index in [1.165, 1.54) is 0 Å². The highest BCUT2D eigenvalue weighted by Crippen LogP contribution is 2.29. The van der Waals surface area contributed by atoms with Crippen LogP contribution in [-0.4, -0.2) is 10.1 Å². The Bertz CT molecular complexity index is 573. The van der Waals surface area contributed by atoms with Crippen molar-refractivity contribution in [2.24, 2.45) is 0 Å². The summed E-state index contributed by atoms with van der Waals surface area (Å²) in [6.45, 7) is 2.00. The number of rotatable bonds is 4. The second-order valence-electron chi connectivity index (χ2n) is 4.12. The Kier molecular flexibility index (Phi) is 4.64. The summed E-state index contributed by atoms with van der Waals surface area (Å²) in [4.78, 5) is 3.91. The maximum atomic E-state index is 9.46. The van der Waals surface area contributed by atoms with E-state index in [4.69, 9.17) is 27.9 Å². The van der Waals surface area contributed by atoms with E-state index in [1.54, 1.807) is 43.6 Å². The topological polar surface area (TPSA) is 42.4 Å². The Balaban J connectivity index is 2.10. The van der Waals surface area contributed by atoms with Gasteiger partial charge in [0.2, 0.25) is 0 Å². The molecule has 0 spiro atoms. The van der Waals surface area contributed by atoms with Crippen LogP contribution in [0, 0.1) is 0 Å².